The van der Waals surface area contributed by atoms with Crippen molar-refractivity contribution in [2.75, 3.05) is 13.2 Å². The molecule has 1 rings (SSSR count). The van der Waals surface area contributed by atoms with Gasteiger partial charge >= 0.3 is 12.0 Å². The number of carbonyl (C=O) groups excluding carboxylic acids is 1. The summed E-state index contributed by atoms with van der Waals surface area (Å²) in [6.45, 7) is 2.76. The van der Waals surface area contributed by atoms with Crippen molar-refractivity contribution in [3.05, 3.63) is 0 Å². The summed E-state index contributed by atoms with van der Waals surface area (Å²) in [4.78, 5) is 22.4. The van der Waals surface area contributed by atoms with E-state index in [0.29, 0.717) is 32.1 Å². The molecule has 6 nitrogen and oxygen atoms in total. The molecule has 6 heteroatoms. The first-order chi connectivity index (χ1) is 9.63. The standard InChI is InChI=1S/C14H26N2O4/c1-2-6-12(13(17)18)16-14(19)15-9-10-20-11-7-4-3-5-8-11/h11-12H,2-10H2,1H3,(H,17,18)(H2,15,16,19)/t12-/m1/s1. The third kappa shape index (κ3) is 6.75. The number of hydrogen-bond donors (Lipinski definition) is 3. The van der Waals surface area contributed by atoms with Crippen molar-refractivity contribution in [3.8, 4) is 0 Å². The van der Waals surface area contributed by atoms with Crippen LogP contribution in [0, 0.1) is 0 Å². The Kier molecular flexibility index (Phi) is 8.02. The van der Waals surface area contributed by atoms with E-state index in [9.17, 15) is 9.59 Å². The van der Waals surface area contributed by atoms with Gasteiger partial charge in [-0.3, -0.25) is 0 Å². The van der Waals surface area contributed by atoms with E-state index >= 15 is 0 Å². The van der Waals surface area contributed by atoms with Gasteiger partial charge in [0.2, 0.25) is 0 Å². The summed E-state index contributed by atoms with van der Waals surface area (Å²) in [6, 6.07) is -1.27. The van der Waals surface area contributed by atoms with E-state index in [0.717, 1.165) is 12.8 Å². The molecule has 20 heavy (non-hydrogen) atoms. The maximum absolute atomic E-state index is 11.5. The molecule has 0 aromatic rings. The number of ether oxygens (including phenoxy) is 1. The van der Waals surface area contributed by atoms with E-state index in [1.165, 1.54) is 19.3 Å². The predicted octanol–water partition coefficient (Wildman–Crippen LogP) is 1.89. The minimum atomic E-state index is -1.000. The largest absolute Gasteiger partial charge is 0.480 e. The molecule has 0 saturated heterocycles. The fraction of sp³-hybridized carbons (Fsp3) is 0.857. The molecule has 1 saturated carbocycles. The number of urea groups is 1. The van der Waals surface area contributed by atoms with Gasteiger partial charge in [0, 0.05) is 6.54 Å². The van der Waals surface area contributed by atoms with E-state index < -0.39 is 18.0 Å². The van der Waals surface area contributed by atoms with E-state index in [2.05, 4.69) is 10.6 Å². The molecular formula is C14H26N2O4. The second-order valence-electron chi connectivity index (χ2n) is 5.21. The Labute approximate surface area is 120 Å². The van der Waals surface area contributed by atoms with Gasteiger partial charge in [0.05, 0.1) is 12.7 Å². The minimum absolute atomic E-state index is 0.320. The van der Waals surface area contributed by atoms with Crippen LogP contribution in [0.1, 0.15) is 51.9 Å². The Morgan fingerprint density at radius 1 is 1.30 bits per heavy atom. The summed E-state index contributed by atoms with van der Waals surface area (Å²) in [5.74, 6) is -1.000. The van der Waals surface area contributed by atoms with E-state index in [1.54, 1.807) is 0 Å². The van der Waals surface area contributed by atoms with Gasteiger partial charge < -0.3 is 20.5 Å². The molecule has 1 aliphatic carbocycles. The lowest BCUT2D eigenvalue weighted by molar-refractivity contribution is -0.139. The highest BCUT2D eigenvalue weighted by Gasteiger charge is 2.18. The number of aliphatic carboxylic acids is 1. The maximum Gasteiger partial charge on any atom is 0.326 e. The quantitative estimate of drug-likeness (QED) is 0.595. The summed E-state index contributed by atoms with van der Waals surface area (Å²) in [6.07, 6.45) is 7.39. The molecule has 0 aromatic carbocycles. The molecule has 1 fully saturated rings. The molecule has 0 bridgehead atoms. The predicted molar refractivity (Wildman–Crippen MR) is 75.7 cm³/mol. The Hall–Kier alpha value is -1.30. The molecule has 0 heterocycles. The first-order valence-electron chi connectivity index (χ1n) is 7.52. The van der Waals surface area contributed by atoms with E-state index in [-0.39, 0.29) is 0 Å². The molecule has 0 aromatic heterocycles. The number of carbonyl (C=O) groups is 2. The fourth-order valence-electron chi connectivity index (χ4n) is 2.38. The van der Waals surface area contributed by atoms with Crippen LogP contribution in [0.2, 0.25) is 0 Å². The van der Waals surface area contributed by atoms with Gasteiger partial charge in [-0.15, -0.1) is 0 Å². The third-order valence-electron chi connectivity index (χ3n) is 3.47. The van der Waals surface area contributed by atoms with Crippen LogP contribution in [0.3, 0.4) is 0 Å². The molecular weight excluding hydrogens is 260 g/mol. The lowest BCUT2D eigenvalue weighted by atomic mass is 9.98. The van der Waals surface area contributed by atoms with Gasteiger partial charge in [-0.25, -0.2) is 9.59 Å². The zero-order valence-electron chi connectivity index (χ0n) is 12.2. The van der Waals surface area contributed by atoms with Gasteiger partial charge in [-0.1, -0.05) is 32.6 Å². The van der Waals surface area contributed by atoms with Crippen molar-refractivity contribution in [1.29, 1.82) is 0 Å². The summed E-state index contributed by atoms with van der Waals surface area (Å²) < 4.78 is 5.67. The summed E-state index contributed by atoms with van der Waals surface area (Å²) in [5.41, 5.74) is 0. The van der Waals surface area contributed by atoms with Crippen LogP contribution < -0.4 is 10.6 Å². The normalized spacial score (nSPS) is 17.4. The number of amides is 2. The van der Waals surface area contributed by atoms with Gasteiger partial charge in [0.1, 0.15) is 6.04 Å². The average molecular weight is 286 g/mol. The molecule has 0 unspecified atom stereocenters. The van der Waals surface area contributed by atoms with Crippen molar-refractivity contribution < 1.29 is 19.4 Å². The van der Waals surface area contributed by atoms with Crippen molar-refractivity contribution in [1.82, 2.24) is 10.6 Å². The molecule has 0 aliphatic heterocycles. The van der Waals surface area contributed by atoms with Gasteiger partial charge in [-0.05, 0) is 19.3 Å². The highest BCUT2D eigenvalue weighted by atomic mass is 16.5. The SMILES string of the molecule is CCC[C@@H](NC(=O)NCCOC1CCCCC1)C(=O)O. The summed E-state index contributed by atoms with van der Waals surface area (Å²) >= 11 is 0. The highest BCUT2D eigenvalue weighted by molar-refractivity contribution is 5.82. The topological polar surface area (TPSA) is 87.7 Å². The molecule has 2 amide bonds. The van der Waals surface area contributed by atoms with Crippen molar-refractivity contribution in [3.63, 3.8) is 0 Å². The van der Waals surface area contributed by atoms with Crippen LogP contribution in [0.15, 0.2) is 0 Å². The zero-order chi connectivity index (χ0) is 14.8. The first-order valence-corrected chi connectivity index (χ1v) is 7.52. The highest BCUT2D eigenvalue weighted by Crippen LogP contribution is 2.19. The third-order valence-corrected chi connectivity index (χ3v) is 3.47. The first kappa shape index (κ1) is 16.8. The van der Waals surface area contributed by atoms with Crippen LogP contribution in [-0.2, 0) is 9.53 Å². The maximum atomic E-state index is 11.5. The van der Waals surface area contributed by atoms with Gasteiger partial charge in [0.15, 0.2) is 0 Å². The zero-order valence-corrected chi connectivity index (χ0v) is 12.2. The molecule has 0 radical (unpaired) electrons. The Morgan fingerprint density at radius 3 is 2.60 bits per heavy atom. The van der Waals surface area contributed by atoms with Crippen LogP contribution in [-0.4, -0.2) is 42.4 Å². The number of nitrogens with one attached hydrogen (secondary N) is 2. The molecule has 1 aliphatic rings. The number of hydrogen-bond acceptors (Lipinski definition) is 3. The van der Waals surface area contributed by atoms with E-state index in [1.807, 2.05) is 6.92 Å². The van der Waals surface area contributed by atoms with Crippen LogP contribution in [0.4, 0.5) is 4.79 Å². The minimum Gasteiger partial charge on any atom is -0.480 e. The van der Waals surface area contributed by atoms with Crippen molar-refractivity contribution in [2.24, 2.45) is 0 Å². The smallest absolute Gasteiger partial charge is 0.326 e. The molecule has 0 spiro atoms. The second-order valence-corrected chi connectivity index (χ2v) is 5.21. The Morgan fingerprint density at radius 2 is 2.00 bits per heavy atom. The molecule has 1 atom stereocenters. The Bertz CT molecular complexity index is 304. The molecule has 3 N–H and O–H groups in total. The number of rotatable bonds is 8. The van der Waals surface area contributed by atoms with Crippen LogP contribution in [0.25, 0.3) is 0 Å². The fourth-order valence-corrected chi connectivity index (χ4v) is 2.38. The number of carboxylic acids is 1. The Balaban J connectivity index is 2.10. The number of carboxylic acid groups (broad SMARTS) is 1. The summed E-state index contributed by atoms with van der Waals surface area (Å²) in [7, 11) is 0. The lowest BCUT2D eigenvalue weighted by Gasteiger charge is -2.22. The average Bonchev–Trinajstić information content (AvgIpc) is 2.44. The monoisotopic (exact) mass is 286 g/mol. The lowest BCUT2D eigenvalue weighted by Crippen LogP contribution is -2.46. The summed E-state index contributed by atoms with van der Waals surface area (Å²) in [5, 5.41) is 14.0. The van der Waals surface area contributed by atoms with Gasteiger partial charge in [-0.2, -0.15) is 0 Å². The molecule has 116 valence electrons. The van der Waals surface area contributed by atoms with Crippen molar-refractivity contribution >= 4 is 12.0 Å². The van der Waals surface area contributed by atoms with Crippen molar-refractivity contribution in [2.45, 2.75) is 64.0 Å². The second kappa shape index (κ2) is 9.58. The van der Waals surface area contributed by atoms with E-state index in [4.69, 9.17) is 9.84 Å². The van der Waals surface area contributed by atoms with Crippen LogP contribution >= 0.6 is 0 Å². The van der Waals surface area contributed by atoms with Gasteiger partial charge in [0.25, 0.3) is 0 Å². The van der Waals surface area contributed by atoms with Crippen LogP contribution in [0.5, 0.6) is 0 Å².